The van der Waals surface area contributed by atoms with Crippen molar-refractivity contribution in [2.24, 2.45) is 0 Å². The highest BCUT2D eigenvalue weighted by Crippen LogP contribution is 2.27. The molecule has 0 radical (unpaired) electrons. The number of H-pyrrole nitrogens is 1. The van der Waals surface area contributed by atoms with Gasteiger partial charge in [0.15, 0.2) is 0 Å². The second-order valence-electron chi connectivity index (χ2n) is 5.66. The van der Waals surface area contributed by atoms with Crippen LogP contribution in [0.1, 0.15) is 26.5 Å². The minimum atomic E-state index is -0.165. The first-order valence-corrected chi connectivity index (χ1v) is 8.49. The highest BCUT2D eigenvalue weighted by atomic mass is 32.1. The van der Waals surface area contributed by atoms with Crippen molar-refractivity contribution in [2.75, 3.05) is 0 Å². The van der Waals surface area contributed by atoms with Crippen LogP contribution >= 0.6 is 11.3 Å². The average Bonchev–Trinajstić information content (AvgIpc) is 3.04. The number of rotatable bonds is 4. The van der Waals surface area contributed by atoms with Gasteiger partial charge in [-0.2, -0.15) is 0 Å². The summed E-state index contributed by atoms with van der Waals surface area (Å²) < 4.78 is 0. The van der Waals surface area contributed by atoms with E-state index in [9.17, 15) is 9.59 Å². The van der Waals surface area contributed by atoms with Crippen LogP contribution in [0.3, 0.4) is 0 Å². The van der Waals surface area contributed by atoms with E-state index in [4.69, 9.17) is 0 Å². The molecule has 1 amide bonds. The van der Waals surface area contributed by atoms with Crippen LogP contribution in [-0.4, -0.2) is 10.9 Å². The Morgan fingerprint density at radius 2 is 1.88 bits per heavy atom. The molecule has 0 atom stereocenters. The first-order chi connectivity index (χ1) is 11.5. The molecule has 2 heterocycles. The van der Waals surface area contributed by atoms with E-state index in [0.29, 0.717) is 10.4 Å². The largest absolute Gasteiger partial charge is 0.347 e. The number of aromatic nitrogens is 1. The number of hydrogen-bond acceptors (Lipinski definition) is 3. The van der Waals surface area contributed by atoms with Gasteiger partial charge in [0.05, 0.1) is 4.88 Å². The molecule has 0 unspecified atom stereocenters. The lowest BCUT2D eigenvalue weighted by Gasteiger charge is -2.07. The number of thiophene rings is 1. The van der Waals surface area contributed by atoms with Gasteiger partial charge in [0.2, 0.25) is 0 Å². The highest BCUT2D eigenvalue weighted by Gasteiger charge is 2.12. The summed E-state index contributed by atoms with van der Waals surface area (Å²) in [6, 6.07) is 15.6. The van der Waals surface area contributed by atoms with Gasteiger partial charge in [0.25, 0.3) is 11.5 Å². The van der Waals surface area contributed by atoms with Gasteiger partial charge in [-0.15, -0.1) is 11.3 Å². The minimum absolute atomic E-state index is 0.149. The van der Waals surface area contributed by atoms with Gasteiger partial charge in [-0.3, -0.25) is 9.59 Å². The highest BCUT2D eigenvalue weighted by molar-refractivity contribution is 7.17. The summed E-state index contributed by atoms with van der Waals surface area (Å²) in [7, 11) is 0. The number of hydrogen-bond donors (Lipinski definition) is 2. The number of benzene rings is 1. The minimum Gasteiger partial charge on any atom is -0.347 e. The molecule has 0 aliphatic heterocycles. The number of carbonyl (C=O) groups is 1. The van der Waals surface area contributed by atoms with Gasteiger partial charge in [-0.05, 0) is 43.2 Å². The Balaban J connectivity index is 1.73. The van der Waals surface area contributed by atoms with Crippen molar-refractivity contribution < 1.29 is 4.79 Å². The van der Waals surface area contributed by atoms with Crippen LogP contribution in [0, 0.1) is 13.8 Å². The lowest BCUT2D eigenvalue weighted by Crippen LogP contribution is -2.27. The van der Waals surface area contributed by atoms with Gasteiger partial charge < -0.3 is 10.3 Å². The molecule has 0 fully saturated rings. The fraction of sp³-hybridized carbons (Fsp3) is 0.158. The summed E-state index contributed by atoms with van der Waals surface area (Å²) in [6.45, 7) is 3.94. The van der Waals surface area contributed by atoms with E-state index in [-0.39, 0.29) is 18.0 Å². The first-order valence-electron chi connectivity index (χ1n) is 7.67. The Bertz CT molecular complexity index is 926. The standard InChI is InChI=1S/C19H18N2O2S/c1-12-10-13(2)21-18(22)15(12)11-20-19(23)17-9-8-16(24-17)14-6-4-3-5-7-14/h3-10H,11H2,1-2H3,(H,20,23)(H,21,22). The van der Waals surface area contributed by atoms with Crippen molar-refractivity contribution in [3.8, 4) is 10.4 Å². The smallest absolute Gasteiger partial charge is 0.261 e. The third-order valence-corrected chi connectivity index (χ3v) is 4.94. The van der Waals surface area contributed by atoms with E-state index in [1.807, 2.05) is 62.4 Å². The molecule has 0 aliphatic carbocycles. The Kier molecular flexibility index (Phi) is 4.62. The quantitative estimate of drug-likeness (QED) is 0.763. The zero-order chi connectivity index (χ0) is 17.1. The molecule has 2 aromatic heterocycles. The van der Waals surface area contributed by atoms with Crippen molar-refractivity contribution >= 4 is 17.2 Å². The number of pyridine rings is 1. The molecule has 0 bridgehead atoms. The number of aryl methyl sites for hydroxylation is 2. The molecule has 0 saturated heterocycles. The van der Waals surface area contributed by atoms with Crippen molar-refractivity contribution in [2.45, 2.75) is 20.4 Å². The maximum atomic E-state index is 12.3. The van der Waals surface area contributed by atoms with Gasteiger partial charge in [0, 0.05) is 22.7 Å². The van der Waals surface area contributed by atoms with E-state index in [0.717, 1.165) is 21.7 Å². The summed E-state index contributed by atoms with van der Waals surface area (Å²) in [6.07, 6.45) is 0. The third kappa shape index (κ3) is 3.46. The van der Waals surface area contributed by atoms with Crippen molar-refractivity contribution in [3.63, 3.8) is 0 Å². The molecule has 3 rings (SSSR count). The van der Waals surface area contributed by atoms with Gasteiger partial charge in [-0.1, -0.05) is 30.3 Å². The van der Waals surface area contributed by atoms with E-state index >= 15 is 0 Å². The molecular weight excluding hydrogens is 320 g/mol. The molecule has 0 saturated carbocycles. The lowest BCUT2D eigenvalue weighted by atomic mass is 10.1. The zero-order valence-corrected chi connectivity index (χ0v) is 14.4. The van der Waals surface area contributed by atoms with E-state index in [1.54, 1.807) is 0 Å². The van der Waals surface area contributed by atoms with Crippen LogP contribution in [0.2, 0.25) is 0 Å². The summed E-state index contributed by atoms with van der Waals surface area (Å²) in [5.74, 6) is -0.165. The van der Waals surface area contributed by atoms with Crippen molar-refractivity contribution in [1.82, 2.24) is 10.3 Å². The Hall–Kier alpha value is -2.66. The molecule has 5 heteroatoms. The van der Waals surface area contributed by atoms with Gasteiger partial charge >= 0.3 is 0 Å². The predicted octanol–water partition coefficient (Wildman–Crippen LogP) is 3.65. The molecule has 4 nitrogen and oxygen atoms in total. The fourth-order valence-electron chi connectivity index (χ4n) is 2.57. The molecule has 0 spiro atoms. The molecule has 2 N–H and O–H groups in total. The zero-order valence-electron chi connectivity index (χ0n) is 13.6. The molecule has 3 aromatic rings. The average molecular weight is 338 g/mol. The maximum absolute atomic E-state index is 12.3. The molecule has 24 heavy (non-hydrogen) atoms. The molecular formula is C19H18N2O2S. The first kappa shape index (κ1) is 16.2. The van der Waals surface area contributed by atoms with E-state index < -0.39 is 0 Å². The van der Waals surface area contributed by atoms with Crippen LogP contribution in [0.25, 0.3) is 10.4 Å². The number of nitrogens with one attached hydrogen (secondary N) is 2. The van der Waals surface area contributed by atoms with Crippen molar-refractivity contribution in [3.05, 3.63) is 80.6 Å². The molecule has 0 aliphatic rings. The maximum Gasteiger partial charge on any atom is 0.261 e. The number of carbonyl (C=O) groups excluding carboxylic acids is 1. The van der Waals surface area contributed by atoms with Crippen LogP contribution in [0.4, 0.5) is 0 Å². The second-order valence-corrected chi connectivity index (χ2v) is 6.74. The summed E-state index contributed by atoms with van der Waals surface area (Å²) in [5, 5.41) is 2.83. The lowest BCUT2D eigenvalue weighted by molar-refractivity contribution is 0.0955. The normalized spacial score (nSPS) is 10.6. The van der Waals surface area contributed by atoms with E-state index in [1.165, 1.54) is 11.3 Å². The Morgan fingerprint density at radius 1 is 1.12 bits per heavy atom. The summed E-state index contributed by atoms with van der Waals surface area (Å²) in [4.78, 5) is 28.8. The molecule has 1 aromatic carbocycles. The SMILES string of the molecule is Cc1cc(C)c(CNC(=O)c2ccc(-c3ccccc3)s2)c(=O)[nH]1. The number of amides is 1. The monoisotopic (exact) mass is 338 g/mol. The Morgan fingerprint density at radius 3 is 2.58 bits per heavy atom. The summed E-state index contributed by atoms with van der Waals surface area (Å²) >= 11 is 1.44. The van der Waals surface area contributed by atoms with Gasteiger partial charge in [0.1, 0.15) is 0 Å². The topological polar surface area (TPSA) is 62.0 Å². The summed E-state index contributed by atoms with van der Waals surface area (Å²) in [5.41, 5.74) is 3.23. The predicted molar refractivity (Wildman–Crippen MR) is 97.5 cm³/mol. The van der Waals surface area contributed by atoms with Crippen molar-refractivity contribution in [1.29, 1.82) is 0 Å². The van der Waals surface area contributed by atoms with Gasteiger partial charge in [-0.25, -0.2) is 0 Å². The Labute approximate surface area is 144 Å². The van der Waals surface area contributed by atoms with Crippen LogP contribution in [0.5, 0.6) is 0 Å². The van der Waals surface area contributed by atoms with Crippen LogP contribution in [0.15, 0.2) is 53.3 Å². The van der Waals surface area contributed by atoms with E-state index in [2.05, 4.69) is 10.3 Å². The molecule has 122 valence electrons. The van der Waals surface area contributed by atoms with Crippen LogP contribution in [-0.2, 0) is 6.54 Å². The number of aromatic amines is 1. The fourth-order valence-corrected chi connectivity index (χ4v) is 3.50. The van der Waals surface area contributed by atoms with Crippen LogP contribution < -0.4 is 10.9 Å². The third-order valence-electron chi connectivity index (χ3n) is 3.81. The second kappa shape index (κ2) is 6.84.